The maximum Gasteiger partial charge on any atom is 0.326 e. The van der Waals surface area contributed by atoms with Crippen LogP contribution in [0.2, 0.25) is 0 Å². The SMILES string of the molecule is CC(NC(=O)C1CCCN1)C(=O)NC(C(=O)NC(CCCN=C(N)N)C(=O)O)C(C)C. The summed E-state index contributed by atoms with van der Waals surface area (Å²) >= 11 is 0. The van der Waals surface area contributed by atoms with Crippen molar-refractivity contribution in [1.29, 1.82) is 0 Å². The van der Waals surface area contributed by atoms with Gasteiger partial charge >= 0.3 is 5.97 Å². The van der Waals surface area contributed by atoms with Crippen molar-refractivity contribution in [2.24, 2.45) is 22.4 Å². The van der Waals surface area contributed by atoms with E-state index in [4.69, 9.17) is 11.5 Å². The third-order valence-electron chi connectivity index (χ3n) is 4.94. The number of carbonyl (C=O) groups excluding carboxylic acids is 3. The fraction of sp³-hybridized carbons (Fsp3) is 0.737. The molecule has 0 aliphatic carbocycles. The normalized spacial score (nSPS) is 18.5. The molecule has 1 saturated heterocycles. The summed E-state index contributed by atoms with van der Waals surface area (Å²) in [6.07, 6.45) is 2.07. The molecule has 0 aromatic heterocycles. The Hall–Kier alpha value is -2.89. The van der Waals surface area contributed by atoms with Crippen LogP contribution in [0.3, 0.4) is 0 Å². The average molecular weight is 442 g/mol. The molecule has 1 aliphatic heterocycles. The summed E-state index contributed by atoms with van der Waals surface area (Å²) in [6, 6.07) is -3.28. The van der Waals surface area contributed by atoms with E-state index in [2.05, 4.69) is 26.3 Å². The fourth-order valence-corrected chi connectivity index (χ4v) is 3.12. The van der Waals surface area contributed by atoms with Crippen LogP contribution in [0.1, 0.15) is 46.5 Å². The molecule has 0 aromatic carbocycles. The molecule has 4 atom stereocenters. The Bertz CT molecular complexity index is 673. The van der Waals surface area contributed by atoms with E-state index in [9.17, 15) is 24.3 Å². The molecule has 0 radical (unpaired) electrons. The van der Waals surface area contributed by atoms with Gasteiger partial charge in [-0.1, -0.05) is 13.8 Å². The Morgan fingerprint density at radius 2 is 1.77 bits per heavy atom. The third-order valence-corrected chi connectivity index (χ3v) is 4.94. The predicted octanol–water partition coefficient (Wildman–Crippen LogP) is -1.99. The third kappa shape index (κ3) is 9.20. The number of nitrogens with one attached hydrogen (secondary N) is 4. The van der Waals surface area contributed by atoms with Crippen molar-refractivity contribution < 1.29 is 24.3 Å². The number of nitrogens with zero attached hydrogens (tertiary/aromatic N) is 1. The molecule has 1 aliphatic rings. The maximum atomic E-state index is 12.7. The van der Waals surface area contributed by atoms with E-state index in [1.165, 1.54) is 6.92 Å². The van der Waals surface area contributed by atoms with Crippen molar-refractivity contribution in [3.05, 3.63) is 0 Å². The highest BCUT2D eigenvalue weighted by Crippen LogP contribution is 2.07. The van der Waals surface area contributed by atoms with E-state index in [1.54, 1.807) is 13.8 Å². The van der Waals surface area contributed by atoms with Gasteiger partial charge in [0.15, 0.2) is 5.96 Å². The lowest BCUT2D eigenvalue weighted by Crippen LogP contribution is -2.57. The highest BCUT2D eigenvalue weighted by atomic mass is 16.4. The minimum absolute atomic E-state index is 0.0941. The van der Waals surface area contributed by atoms with E-state index < -0.39 is 35.9 Å². The zero-order valence-electron chi connectivity index (χ0n) is 18.3. The summed E-state index contributed by atoms with van der Waals surface area (Å²) in [4.78, 5) is 52.7. The Kier molecular flexibility index (Phi) is 10.7. The van der Waals surface area contributed by atoms with Gasteiger partial charge < -0.3 is 37.8 Å². The largest absolute Gasteiger partial charge is 0.480 e. The van der Waals surface area contributed by atoms with E-state index >= 15 is 0 Å². The number of aliphatic imine (C=N–C) groups is 1. The molecule has 0 spiro atoms. The minimum atomic E-state index is -1.20. The van der Waals surface area contributed by atoms with E-state index in [1.807, 2.05) is 0 Å². The van der Waals surface area contributed by atoms with Crippen molar-refractivity contribution in [1.82, 2.24) is 21.3 Å². The molecule has 0 bridgehead atoms. The molecule has 31 heavy (non-hydrogen) atoms. The lowest BCUT2D eigenvalue weighted by Gasteiger charge is -2.26. The number of amides is 3. The number of hydrogen-bond donors (Lipinski definition) is 7. The van der Waals surface area contributed by atoms with Gasteiger partial charge in [0.05, 0.1) is 6.04 Å². The van der Waals surface area contributed by atoms with Gasteiger partial charge in [0.1, 0.15) is 18.1 Å². The quantitative estimate of drug-likeness (QED) is 0.102. The van der Waals surface area contributed by atoms with Crippen LogP contribution in [-0.4, -0.2) is 72.0 Å². The first-order valence-corrected chi connectivity index (χ1v) is 10.5. The number of carboxylic acid groups (broad SMARTS) is 1. The van der Waals surface area contributed by atoms with Crippen LogP contribution in [0, 0.1) is 5.92 Å². The summed E-state index contributed by atoms with van der Waals surface area (Å²) in [5, 5.41) is 20.1. The van der Waals surface area contributed by atoms with E-state index in [0.29, 0.717) is 12.8 Å². The lowest BCUT2D eigenvalue weighted by molar-refractivity contribution is -0.142. The molecule has 9 N–H and O–H groups in total. The van der Waals surface area contributed by atoms with Crippen molar-refractivity contribution in [3.8, 4) is 0 Å². The Morgan fingerprint density at radius 1 is 1.10 bits per heavy atom. The maximum absolute atomic E-state index is 12.7. The number of guanidine groups is 1. The van der Waals surface area contributed by atoms with Gasteiger partial charge in [-0.3, -0.25) is 19.4 Å². The first kappa shape index (κ1) is 26.1. The second kappa shape index (κ2) is 12.7. The van der Waals surface area contributed by atoms with Crippen LogP contribution in [0.4, 0.5) is 0 Å². The van der Waals surface area contributed by atoms with Crippen LogP contribution in [0.15, 0.2) is 4.99 Å². The van der Waals surface area contributed by atoms with Gasteiger partial charge in [-0.15, -0.1) is 0 Å². The van der Waals surface area contributed by atoms with Gasteiger partial charge in [0.25, 0.3) is 0 Å². The molecule has 3 amide bonds. The smallest absolute Gasteiger partial charge is 0.326 e. The lowest BCUT2D eigenvalue weighted by atomic mass is 10.0. The number of carbonyl (C=O) groups is 4. The van der Waals surface area contributed by atoms with Gasteiger partial charge in [-0.25, -0.2) is 4.79 Å². The van der Waals surface area contributed by atoms with Gasteiger partial charge in [0.2, 0.25) is 17.7 Å². The molecule has 4 unspecified atom stereocenters. The summed E-state index contributed by atoms with van der Waals surface area (Å²) in [6.45, 7) is 5.97. The number of carboxylic acids is 1. The molecule has 176 valence electrons. The van der Waals surface area contributed by atoms with Gasteiger partial charge in [-0.05, 0) is 45.1 Å². The van der Waals surface area contributed by atoms with Crippen LogP contribution in [0.25, 0.3) is 0 Å². The topological polar surface area (TPSA) is 201 Å². The number of aliphatic carboxylic acids is 1. The molecular weight excluding hydrogens is 406 g/mol. The van der Waals surface area contributed by atoms with Crippen LogP contribution >= 0.6 is 0 Å². The summed E-state index contributed by atoms with van der Waals surface area (Å²) < 4.78 is 0. The van der Waals surface area contributed by atoms with Crippen molar-refractivity contribution >= 4 is 29.7 Å². The second-order valence-electron chi connectivity index (χ2n) is 7.96. The zero-order chi connectivity index (χ0) is 23.6. The molecule has 12 heteroatoms. The molecule has 0 saturated carbocycles. The van der Waals surface area contributed by atoms with Crippen molar-refractivity contribution in [2.45, 2.75) is 70.6 Å². The number of rotatable bonds is 12. The molecule has 1 heterocycles. The van der Waals surface area contributed by atoms with Crippen molar-refractivity contribution in [3.63, 3.8) is 0 Å². The Morgan fingerprint density at radius 3 is 2.29 bits per heavy atom. The monoisotopic (exact) mass is 441 g/mol. The Labute approximate surface area is 182 Å². The van der Waals surface area contributed by atoms with Crippen molar-refractivity contribution in [2.75, 3.05) is 13.1 Å². The number of nitrogens with two attached hydrogens (primary N) is 2. The molecular formula is C19H35N7O5. The second-order valence-corrected chi connectivity index (χ2v) is 7.96. The van der Waals surface area contributed by atoms with Gasteiger partial charge in [-0.2, -0.15) is 0 Å². The average Bonchev–Trinajstić information content (AvgIpc) is 3.22. The summed E-state index contributed by atoms with van der Waals surface area (Å²) in [5.74, 6) is -3.01. The number of hydrogen-bond acceptors (Lipinski definition) is 6. The fourth-order valence-electron chi connectivity index (χ4n) is 3.12. The minimum Gasteiger partial charge on any atom is -0.480 e. The van der Waals surface area contributed by atoms with Crippen LogP contribution in [0.5, 0.6) is 0 Å². The standard InChI is InChI=1S/C19H35N7O5/c1-10(2)14(17(29)25-13(18(30)31)7-5-9-23-19(20)21)26-15(27)11(3)24-16(28)12-6-4-8-22-12/h10-14,22H,4-9H2,1-3H3,(H,24,28)(H,25,29)(H,26,27)(H,30,31)(H4,20,21,23). The highest BCUT2D eigenvalue weighted by molar-refractivity contribution is 5.94. The predicted molar refractivity (Wildman–Crippen MR) is 115 cm³/mol. The molecule has 1 fully saturated rings. The van der Waals surface area contributed by atoms with Crippen LogP contribution in [-0.2, 0) is 19.2 Å². The van der Waals surface area contributed by atoms with E-state index in [0.717, 1.165) is 13.0 Å². The molecule has 1 rings (SSSR count). The highest BCUT2D eigenvalue weighted by Gasteiger charge is 2.31. The summed E-state index contributed by atoms with van der Waals surface area (Å²) in [7, 11) is 0. The Balaban J connectivity index is 2.65. The molecule has 0 aromatic rings. The van der Waals surface area contributed by atoms with Gasteiger partial charge in [0, 0.05) is 6.54 Å². The van der Waals surface area contributed by atoms with Crippen LogP contribution < -0.4 is 32.7 Å². The zero-order valence-corrected chi connectivity index (χ0v) is 18.3. The summed E-state index contributed by atoms with van der Waals surface area (Å²) in [5.41, 5.74) is 10.5. The van der Waals surface area contributed by atoms with E-state index in [-0.39, 0.29) is 36.8 Å². The molecule has 12 nitrogen and oxygen atoms in total. The first-order valence-electron chi connectivity index (χ1n) is 10.5. The first-order chi connectivity index (χ1) is 14.5.